The topological polar surface area (TPSA) is 75.4 Å². The highest BCUT2D eigenvalue weighted by Crippen LogP contribution is 2.25. The van der Waals surface area contributed by atoms with Gasteiger partial charge in [0.1, 0.15) is 0 Å². The summed E-state index contributed by atoms with van der Waals surface area (Å²) in [6.45, 7) is 4.58. The number of nitrogens with one attached hydrogen (secondary N) is 1. The Morgan fingerprint density at radius 3 is 2.65 bits per heavy atom. The van der Waals surface area contributed by atoms with Gasteiger partial charge in [-0.25, -0.2) is 0 Å². The Morgan fingerprint density at radius 2 is 2.18 bits per heavy atom. The van der Waals surface area contributed by atoms with Gasteiger partial charge in [-0.3, -0.25) is 10.1 Å². The summed E-state index contributed by atoms with van der Waals surface area (Å²) < 4.78 is 0.597. The quantitative estimate of drug-likeness (QED) is 0.486. The number of rotatable bonds is 5. The van der Waals surface area contributed by atoms with Gasteiger partial charge in [0.2, 0.25) is 0 Å². The summed E-state index contributed by atoms with van der Waals surface area (Å²) in [5.41, 5.74) is 0.715. The molecule has 0 amide bonds. The third-order valence-corrected chi connectivity index (χ3v) is 3.21. The molecule has 0 fully saturated rings. The Morgan fingerprint density at radius 1 is 1.53 bits per heavy atom. The molecule has 1 aromatic rings. The molecular formula is C11H15IN2O3. The summed E-state index contributed by atoms with van der Waals surface area (Å²) in [5.74, 6) is 0. The third-order valence-electron chi connectivity index (χ3n) is 2.34. The monoisotopic (exact) mass is 350 g/mol. The van der Waals surface area contributed by atoms with Crippen molar-refractivity contribution in [3.05, 3.63) is 31.9 Å². The van der Waals surface area contributed by atoms with Crippen LogP contribution in [0.3, 0.4) is 0 Å². The Kier molecular flexibility index (Phi) is 4.70. The van der Waals surface area contributed by atoms with Crippen LogP contribution in [0, 0.1) is 19.1 Å². The summed E-state index contributed by atoms with van der Waals surface area (Å²) in [7, 11) is 0. The van der Waals surface area contributed by atoms with Crippen molar-refractivity contribution in [2.75, 3.05) is 18.5 Å². The predicted octanol–water partition coefficient (Wildman–Crippen LogP) is 2.63. The molecule has 0 radical (unpaired) electrons. The molecule has 94 valence electrons. The minimum Gasteiger partial charge on any atom is -0.396 e. The fourth-order valence-corrected chi connectivity index (χ4v) is 1.87. The highest BCUT2D eigenvalue weighted by Gasteiger charge is 2.17. The van der Waals surface area contributed by atoms with E-state index in [0.717, 1.165) is 5.69 Å². The fraction of sp³-hybridized carbons (Fsp3) is 0.455. The molecule has 1 rings (SSSR count). The maximum Gasteiger partial charge on any atom is 0.282 e. The van der Waals surface area contributed by atoms with Crippen LogP contribution in [0.5, 0.6) is 0 Å². The van der Waals surface area contributed by atoms with Crippen molar-refractivity contribution in [1.29, 1.82) is 0 Å². The standard InChI is InChI=1S/C11H15IN2O3/c1-11(2,7-15)6-13-8-3-4-10(14(16)17)9(12)5-8/h3-5,13,15H,6-7H2,1-2H3. The van der Waals surface area contributed by atoms with Crippen LogP contribution in [0.25, 0.3) is 0 Å². The first-order valence-electron chi connectivity index (χ1n) is 5.14. The molecule has 0 unspecified atom stereocenters. The van der Waals surface area contributed by atoms with Gasteiger partial charge in [0.15, 0.2) is 0 Å². The molecule has 0 heterocycles. The average Bonchev–Trinajstić information content (AvgIpc) is 2.26. The molecule has 0 aliphatic rings. The number of aliphatic hydroxyl groups excluding tert-OH is 1. The molecule has 1 aromatic carbocycles. The highest BCUT2D eigenvalue weighted by atomic mass is 127. The number of hydrogen-bond donors (Lipinski definition) is 2. The van der Waals surface area contributed by atoms with Gasteiger partial charge in [0.25, 0.3) is 5.69 Å². The van der Waals surface area contributed by atoms with Crippen molar-refractivity contribution in [3.8, 4) is 0 Å². The second kappa shape index (κ2) is 5.63. The Bertz CT molecular complexity index is 421. The molecule has 0 atom stereocenters. The van der Waals surface area contributed by atoms with E-state index in [1.165, 1.54) is 6.07 Å². The van der Waals surface area contributed by atoms with E-state index in [2.05, 4.69) is 5.32 Å². The van der Waals surface area contributed by atoms with Crippen molar-refractivity contribution in [3.63, 3.8) is 0 Å². The van der Waals surface area contributed by atoms with E-state index < -0.39 is 4.92 Å². The third kappa shape index (κ3) is 4.12. The van der Waals surface area contributed by atoms with Gasteiger partial charge in [-0.05, 0) is 34.7 Å². The van der Waals surface area contributed by atoms with Gasteiger partial charge in [-0.15, -0.1) is 0 Å². The first-order chi connectivity index (χ1) is 7.85. The van der Waals surface area contributed by atoms with Crippen LogP contribution in [0.1, 0.15) is 13.8 Å². The van der Waals surface area contributed by atoms with Crippen LogP contribution in [0.4, 0.5) is 11.4 Å². The SMILES string of the molecule is CC(C)(CO)CNc1ccc([N+](=O)[O-])c(I)c1. The van der Waals surface area contributed by atoms with Crippen molar-refractivity contribution >= 4 is 34.0 Å². The Hall–Kier alpha value is -0.890. The Balaban J connectivity index is 2.75. The first-order valence-corrected chi connectivity index (χ1v) is 6.22. The second-order valence-corrected chi connectivity index (χ2v) is 5.76. The summed E-state index contributed by atoms with van der Waals surface area (Å²) in [5, 5.41) is 22.9. The lowest BCUT2D eigenvalue weighted by molar-refractivity contribution is -0.385. The number of aliphatic hydroxyl groups is 1. The molecule has 5 nitrogen and oxygen atoms in total. The molecule has 6 heteroatoms. The summed E-state index contributed by atoms with van der Waals surface area (Å²) >= 11 is 1.94. The van der Waals surface area contributed by atoms with Gasteiger partial charge in [-0.2, -0.15) is 0 Å². The smallest absolute Gasteiger partial charge is 0.282 e. The van der Waals surface area contributed by atoms with E-state index in [0.29, 0.717) is 10.1 Å². The molecule has 0 aromatic heterocycles. The van der Waals surface area contributed by atoms with Gasteiger partial charge in [0, 0.05) is 30.3 Å². The molecule has 0 bridgehead atoms. The minimum atomic E-state index is -0.400. The predicted molar refractivity (Wildman–Crippen MR) is 75.2 cm³/mol. The molecule has 0 aliphatic carbocycles. The lowest BCUT2D eigenvalue weighted by Crippen LogP contribution is -2.26. The van der Waals surface area contributed by atoms with Crippen LogP contribution in [-0.4, -0.2) is 23.2 Å². The largest absolute Gasteiger partial charge is 0.396 e. The van der Waals surface area contributed by atoms with Crippen LogP contribution in [0.15, 0.2) is 18.2 Å². The molecule has 17 heavy (non-hydrogen) atoms. The van der Waals surface area contributed by atoms with E-state index in [9.17, 15) is 10.1 Å². The number of nitro benzene ring substituents is 1. The molecule has 0 aliphatic heterocycles. The number of anilines is 1. The number of nitrogens with zero attached hydrogens (tertiary/aromatic N) is 1. The van der Waals surface area contributed by atoms with Crippen molar-refractivity contribution < 1.29 is 10.0 Å². The summed E-state index contributed by atoms with van der Waals surface area (Å²) in [4.78, 5) is 10.2. The second-order valence-electron chi connectivity index (χ2n) is 4.60. The van der Waals surface area contributed by atoms with Crippen LogP contribution < -0.4 is 5.32 Å². The zero-order chi connectivity index (χ0) is 13.1. The number of halogens is 1. The van der Waals surface area contributed by atoms with E-state index in [1.54, 1.807) is 12.1 Å². The van der Waals surface area contributed by atoms with E-state index >= 15 is 0 Å². The van der Waals surface area contributed by atoms with E-state index in [-0.39, 0.29) is 17.7 Å². The zero-order valence-corrected chi connectivity index (χ0v) is 11.9. The minimum absolute atomic E-state index is 0.0874. The van der Waals surface area contributed by atoms with E-state index in [4.69, 9.17) is 5.11 Å². The summed E-state index contributed by atoms with van der Waals surface area (Å²) in [6.07, 6.45) is 0. The maximum atomic E-state index is 10.6. The van der Waals surface area contributed by atoms with Gasteiger partial charge in [-0.1, -0.05) is 13.8 Å². The van der Waals surface area contributed by atoms with Crippen molar-refractivity contribution in [2.24, 2.45) is 5.41 Å². The van der Waals surface area contributed by atoms with Gasteiger partial charge >= 0.3 is 0 Å². The highest BCUT2D eigenvalue weighted by molar-refractivity contribution is 14.1. The molecule has 0 spiro atoms. The molecule has 0 saturated carbocycles. The lowest BCUT2D eigenvalue weighted by Gasteiger charge is -2.22. The van der Waals surface area contributed by atoms with Crippen LogP contribution >= 0.6 is 22.6 Å². The zero-order valence-electron chi connectivity index (χ0n) is 9.74. The fourth-order valence-electron chi connectivity index (χ4n) is 1.16. The first kappa shape index (κ1) is 14.2. The Labute approximate surface area is 114 Å². The molecule has 0 saturated heterocycles. The maximum absolute atomic E-state index is 10.6. The van der Waals surface area contributed by atoms with Crippen molar-refractivity contribution in [1.82, 2.24) is 0 Å². The van der Waals surface area contributed by atoms with Gasteiger partial charge in [0.05, 0.1) is 8.49 Å². The number of benzene rings is 1. The number of nitro groups is 1. The number of hydrogen-bond acceptors (Lipinski definition) is 4. The molecule has 2 N–H and O–H groups in total. The van der Waals surface area contributed by atoms with Crippen LogP contribution in [0.2, 0.25) is 0 Å². The van der Waals surface area contributed by atoms with Gasteiger partial charge < -0.3 is 10.4 Å². The molecular weight excluding hydrogens is 335 g/mol. The van der Waals surface area contributed by atoms with Crippen LogP contribution in [-0.2, 0) is 0 Å². The van der Waals surface area contributed by atoms with Crippen molar-refractivity contribution in [2.45, 2.75) is 13.8 Å². The van der Waals surface area contributed by atoms with E-state index in [1.807, 2.05) is 36.4 Å². The lowest BCUT2D eigenvalue weighted by atomic mass is 9.95. The average molecular weight is 350 g/mol. The normalized spacial score (nSPS) is 11.3. The summed E-state index contributed by atoms with van der Waals surface area (Å²) in [6, 6.07) is 4.88.